The topological polar surface area (TPSA) is 37.0 Å². The number of rotatable bonds is 6. The van der Waals surface area contributed by atoms with Crippen molar-refractivity contribution in [3.63, 3.8) is 0 Å². The minimum Gasteiger partial charge on any atom is -0.376 e. The van der Waals surface area contributed by atoms with Crippen LogP contribution in [0.5, 0.6) is 0 Å². The zero-order valence-corrected chi connectivity index (χ0v) is 17.1. The van der Waals surface area contributed by atoms with E-state index < -0.39 is 0 Å². The molecular weight excluding hydrogens is 368 g/mol. The van der Waals surface area contributed by atoms with Gasteiger partial charge in [0.2, 0.25) is 0 Å². The summed E-state index contributed by atoms with van der Waals surface area (Å²) in [6.07, 6.45) is 4.39. The third-order valence-corrected chi connectivity index (χ3v) is 6.21. The first-order valence-electron chi connectivity index (χ1n) is 10.9. The molecule has 1 aliphatic heterocycles. The number of H-pyrrole nitrogens is 1. The maximum absolute atomic E-state index is 6.44. The molecule has 1 aromatic heterocycles. The average Bonchev–Trinajstić information content (AvgIpc) is 3.28. The highest BCUT2D eigenvalue weighted by molar-refractivity contribution is 5.79. The fraction of sp³-hybridized carbons (Fsp3) is 0.259. The van der Waals surface area contributed by atoms with E-state index in [-0.39, 0.29) is 12.0 Å². The van der Waals surface area contributed by atoms with Crippen LogP contribution in [-0.2, 0) is 11.3 Å². The second kappa shape index (κ2) is 8.86. The van der Waals surface area contributed by atoms with Crippen molar-refractivity contribution < 1.29 is 4.74 Å². The molecule has 0 amide bonds. The Bertz CT molecular complexity index is 1030. The van der Waals surface area contributed by atoms with Gasteiger partial charge in [-0.2, -0.15) is 0 Å². The summed E-state index contributed by atoms with van der Waals surface area (Å²) in [7, 11) is 0. The second-order valence-corrected chi connectivity index (χ2v) is 8.23. The van der Waals surface area contributed by atoms with E-state index >= 15 is 0 Å². The van der Waals surface area contributed by atoms with Gasteiger partial charge in [-0.3, -0.25) is 0 Å². The van der Waals surface area contributed by atoms with E-state index in [0.717, 1.165) is 26.0 Å². The molecule has 2 atom stereocenters. The molecule has 1 saturated heterocycles. The van der Waals surface area contributed by atoms with E-state index in [2.05, 4.69) is 95.2 Å². The molecule has 2 N–H and O–H groups in total. The van der Waals surface area contributed by atoms with Crippen LogP contribution in [0.4, 0.5) is 0 Å². The molecule has 1 aliphatic rings. The second-order valence-electron chi connectivity index (χ2n) is 8.23. The standard InChI is InChI=1S/C27H28N2O/c1-3-7-22(8-4-1)27(23-9-5-2-6-10-23)26-14-13-24(19-30-26)29-18-20-11-12-21-15-16-28-25(21)17-20/h1-12,15-17,24,26-29H,13-14,18-19H2. The Morgan fingerprint density at radius 1 is 0.867 bits per heavy atom. The van der Waals surface area contributed by atoms with E-state index in [1.807, 2.05) is 6.20 Å². The van der Waals surface area contributed by atoms with Gasteiger partial charge in [0.05, 0.1) is 12.7 Å². The molecule has 0 aliphatic carbocycles. The van der Waals surface area contributed by atoms with E-state index in [0.29, 0.717) is 6.04 Å². The molecule has 0 spiro atoms. The van der Waals surface area contributed by atoms with Gasteiger partial charge in [-0.05, 0) is 47.1 Å². The summed E-state index contributed by atoms with van der Waals surface area (Å²) in [4.78, 5) is 3.29. The monoisotopic (exact) mass is 396 g/mol. The highest BCUT2D eigenvalue weighted by Gasteiger charge is 2.30. The van der Waals surface area contributed by atoms with E-state index in [4.69, 9.17) is 4.74 Å². The predicted octanol–water partition coefficient (Wildman–Crippen LogP) is 5.64. The SMILES string of the molecule is c1ccc(C(c2ccccc2)C2CCC(NCc3ccc4cc[nH]c4c3)CO2)cc1. The lowest BCUT2D eigenvalue weighted by molar-refractivity contribution is -0.0116. The number of ether oxygens (including phenoxy) is 1. The smallest absolute Gasteiger partial charge is 0.0685 e. The first kappa shape index (κ1) is 19.1. The number of fused-ring (bicyclic) bond motifs is 1. The van der Waals surface area contributed by atoms with Gasteiger partial charge in [0, 0.05) is 30.2 Å². The van der Waals surface area contributed by atoms with Gasteiger partial charge in [0.15, 0.2) is 0 Å². The molecular formula is C27H28N2O. The largest absolute Gasteiger partial charge is 0.376 e. The Morgan fingerprint density at radius 2 is 1.60 bits per heavy atom. The number of nitrogens with one attached hydrogen (secondary N) is 2. The van der Waals surface area contributed by atoms with Crippen LogP contribution in [0.15, 0.2) is 91.1 Å². The van der Waals surface area contributed by atoms with Gasteiger partial charge in [-0.25, -0.2) is 0 Å². The minimum absolute atomic E-state index is 0.211. The van der Waals surface area contributed by atoms with Crippen LogP contribution in [0.25, 0.3) is 10.9 Å². The number of benzene rings is 3. The lowest BCUT2D eigenvalue weighted by Crippen LogP contribution is -2.41. The van der Waals surface area contributed by atoms with Gasteiger partial charge in [-0.1, -0.05) is 72.8 Å². The molecule has 30 heavy (non-hydrogen) atoms. The molecule has 5 rings (SSSR count). The summed E-state index contributed by atoms with van der Waals surface area (Å²) < 4.78 is 6.44. The first-order chi connectivity index (χ1) is 14.9. The lowest BCUT2D eigenvalue weighted by Gasteiger charge is -2.35. The van der Waals surface area contributed by atoms with Crippen LogP contribution in [0.2, 0.25) is 0 Å². The highest BCUT2D eigenvalue weighted by Crippen LogP contribution is 2.34. The number of hydrogen-bond donors (Lipinski definition) is 2. The third kappa shape index (κ3) is 4.18. The summed E-state index contributed by atoms with van der Waals surface area (Å²) >= 11 is 0. The van der Waals surface area contributed by atoms with Crippen LogP contribution in [0.3, 0.4) is 0 Å². The van der Waals surface area contributed by atoms with E-state index in [1.165, 1.54) is 27.6 Å². The molecule has 3 nitrogen and oxygen atoms in total. The molecule has 0 saturated carbocycles. The Labute approximate surface area is 178 Å². The zero-order valence-electron chi connectivity index (χ0n) is 17.1. The summed E-state index contributed by atoms with van der Waals surface area (Å²) in [6, 6.07) is 30.7. The van der Waals surface area contributed by atoms with Crippen LogP contribution in [0.1, 0.15) is 35.4 Å². The Hall–Kier alpha value is -2.88. The summed E-state index contributed by atoms with van der Waals surface area (Å²) in [5, 5.41) is 4.95. The first-order valence-corrected chi connectivity index (χ1v) is 10.9. The normalized spacial score (nSPS) is 19.4. The molecule has 2 heterocycles. The predicted molar refractivity (Wildman–Crippen MR) is 123 cm³/mol. The molecule has 3 heteroatoms. The number of aromatic amines is 1. The van der Waals surface area contributed by atoms with Crippen molar-refractivity contribution in [3.05, 3.63) is 108 Å². The summed E-state index contributed by atoms with van der Waals surface area (Å²) in [6.45, 7) is 1.63. The van der Waals surface area contributed by atoms with Crippen LogP contribution in [-0.4, -0.2) is 23.7 Å². The fourth-order valence-electron chi connectivity index (χ4n) is 4.61. The average molecular weight is 397 g/mol. The van der Waals surface area contributed by atoms with Gasteiger partial charge in [-0.15, -0.1) is 0 Å². The third-order valence-electron chi connectivity index (χ3n) is 6.21. The highest BCUT2D eigenvalue weighted by atomic mass is 16.5. The van der Waals surface area contributed by atoms with Crippen molar-refractivity contribution in [1.29, 1.82) is 0 Å². The maximum Gasteiger partial charge on any atom is 0.0685 e. The molecule has 0 radical (unpaired) electrons. The van der Waals surface area contributed by atoms with E-state index in [9.17, 15) is 0 Å². The van der Waals surface area contributed by atoms with Gasteiger partial charge in [0.1, 0.15) is 0 Å². The van der Waals surface area contributed by atoms with Crippen LogP contribution >= 0.6 is 0 Å². The van der Waals surface area contributed by atoms with Gasteiger partial charge < -0.3 is 15.0 Å². The van der Waals surface area contributed by atoms with Crippen molar-refractivity contribution in [2.75, 3.05) is 6.61 Å². The zero-order chi connectivity index (χ0) is 20.2. The van der Waals surface area contributed by atoms with E-state index in [1.54, 1.807) is 0 Å². The molecule has 152 valence electrons. The molecule has 0 bridgehead atoms. The number of aromatic nitrogens is 1. The Kier molecular flexibility index (Phi) is 5.65. The van der Waals surface area contributed by atoms with Crippen LogP contribution in [0, 0.1) is 0 Å². The molecule has 4 aromatic rings. The molecule has 3 aromatic carbocycles. The van der Waals surface area contributed by atoms with Crippen molar-refractivity contribution in [2.45, 2.75) is 37.5 Å². The van der Waals surface area contributed by atoms with Crippen molar-refractivity contribution in [2.24, 2.45) is 0 Å². The molecule has 2 unspecified atom stereocenters. The Morgan fingerprint density at radius 3 is 2.27 bits per heavy atom. The van der Waals surface area contributed by atoms with Crippen molar-refractivity contribution in [1.82, 2.24) is 10.3 Å². The summed E-state index contributed by atoms with van der Waals surface area (Å²) in [5.41, 5.74) is 5.17. The quantitative estimate of drug-likeness (QED) is 0.443. The fourth-order valence-corrected chi connectivity index (χ4v) is 4.61. The lowest BCUT2D eigenvalue weighted by atomic mass is 9.83. The Balaban J connectivity index is 1.23. The summed E-state index contributed by atoms with van der Waals surface area (Å²) in [5.74, 6) is 0.281. The van der Waals surface area contributed by atoms with Crippen LogP contribution < -0.4 is 5.32 Å². The van der Waals surface area contributed by atoms with Gasteiger partial charge in [0.25, 0.3) is 0 Å². The minimum atomic E-state index is 0.211. The maximum atomic E-state index is 6.44. The number of hydrogen-bond acceptors (Lipinski definition) is 2. The van der Waals surface area contributed by atoms with Gasteiger partial charge >= 0.3 is 0 Å². The van der Waals surface area contributed by atoms with Crippen molar-refractivity contribution in [3.8, 4) is 0 Å². The molecule has 1 fully saturated rings. The van der Waals surface area contributed by atoms with Crippen molar-refractivity contribution >= 4 is 10.9 Å².